The van der Waals surface area contributed by atoms with Gasteiger partial charge in [0, 0.05) is 34.1 Å². The molecule has 5 N–H and O–H groups in total. The number of nitrogens with zero attached hydrogens (tertiary/aromatic N) is 2. The molecule has 5 rings (SSSR count). The van der Waals surface area contributed by atoms with Gasteiger partial charge in [-0.25, -0.2) is 9.38 Å². The lowest BCUT2D eigenvalue weighted by molar-refractivity contribution is 0.257. The van der Waals surface area contributed by atoms with Gasteiger partial charge in [-0.3, -0.25) is 10.6 Å². The molecule has 3 heterocycles. The molecule has 3 aliphatic rings. The van der Waals surface area contributed by atoms with Gasteiger partial charge >= 0.3 is 0 Å². The minimum absolute atomic E-state index is 0.00197. The van der Waals surface area contributed by atoms with Crippen LogP contribution in [0.2, 0.25) is 5.02 Å². The maximum absolute atomic E-state index is 14.8. The number of rotatable bonds is 1. The SMILES string of the molecule is CN1C2CCC1(C#Cc1cc3c(cc1N)C(N)(c1cccc(Cl)c1F)N=CN3)CC2. The molecule has 0 radical (unpaired) electrons. The van der Waals surface area contributed by atoms with Crippen LogP contribution in [-0.4, -0.2) is 29.9 Å². The third kappa shape index (κ3) is 2.73. The second-order valence-electron chi connectivity index (χ2n) is 8.38. The zero-order chi connectivity index (χ0) is 21.1. The molecule has 30 heavy (non-hydrogen) atoms. The lowest BCUT2D eigenvalue weighted by Crippen LogP contribution is -2.40. The standard InChI is InChI=1S/C23H23ClFN5/c1-30-15-6-9-22(30,10-7-15)8-5-14-11-20-17(12-19(14)26)23(27,29-13-28-20)16-3-2-4-18(24)21(16)25/h2-4,11-13,15H,6-7,9-10,26-27H2,1H3,(H,28,29). The smallest absolute Gasteiger partial charge is 0.166 e. The Bertz CT molecular complexity index is 1130. The van der Waals surface area contributed by atoms with Crippen LogP contribution in [0.1, 0.15) is 42.4 Å². The van der Waals surface area contributed by atoms with Crippen molar-refractivity contribution in [1.29, 1.82) is 0 Å². The van der Waals surface area contributed by atoms with E-state index in [1.54, 1.807) is 18.2 Å². The number of nitrogen functional groups attached to an aromatic ring is 1. The summed E-state index contributed by atoms with van der Waals surface area (Å²) >= 11 is 5.98. The molecule has 0 spiro atoms. The molecule has 3 aliphatic heterocycles. The Morgan fingerprint density at radius 2 is 2.03 bits per heavy atom. The molecule has 0 aromatic heterocycles. The molecule has 1 unspecified atom stereocenters. The number of aliphatic imine (C=N–C) groups is 1. The molecule has 0 amide bonds. The summed E-state index contributed by atoms with van der Waals surface area (Å²) in [6, 6.07) is 8.96. The lowest BCUT2D eigenvalue weighted by Gasteiger charge is -2.32. The third-order valence-corrected chi connectivity index (χ3v) is 7.18. The quantitative estimate of drug-likeness (QED) is 0.483. The third-order valence-electron chi connectivity index (χ3n) is 6.89. The fraction of sp³-hybridized carbons (Fsp3) is 0.348. The number of nitrogens with one attached hydrogen (secondary N) is 1. The summed E-state index contributed by atoms with van der Waals surface area (Å²) in [7, 11) is 2.16. The van der Waals surface area contributed by atoms with Crippen molar-refractivity contribution in [3.63, 3.8) is 0 Å². The van der Waals surface area contributed by atoms with Gasteiger partial charge in [0.1, 0.15) is 5.82 Å². The maximum atomic E-state index is 14.8. The Labute approximate surface area is 180 Å². The molecule has 7 heteroatoms. The molecule has 2 fully saturated rings. The van der Waals surface area contributed by atoms with Gasteiger partial charge < -0.3 is 11.1 Å². The Morgan fingerprint density at radius 1 is 1.27 bits per heavy atom. The van der Waals surface area contributed by atoms with Crippen LogP contribution in [0.5, 0.6) is 0 Å². The van der Waals surface area contributed by atoms with Crippen LogP contribution in [-0.2, 0) is 5.66 Å². The second-order valence-corrected chi connectivity index (χ2v) is 8.79. The van der Waals surface area contributed by atoms with Crippen molar-refractivity contribution in [3.8, 4) is 11.8 Å². The largest absolute Gasteiger partial charge is 0.398 e. The van der Waals surface area contributed by atoms with Crippen LogP contribution < -0.4 is 16.8 Å². The molecule has 2 saturated heterocycles. The van der Waals surface area contributed by atoms with Crippen molar-refractivity contribution in [2.75, 3.05) is 18.1 Å². The van der Waals surface area contributed by atoms with E-state index in [1.807, 2.05) is 6.07 Å². The highest BCUT2D eigenvalue weighted by molar-refractivity contribution is 6.30. The second kappa shape index (κ2) is 6.71. The molecule has 1 atom stereocenters. The summed E-state index contributed by atoms with van der Waals surface area (Å²) in [5.74, 6) is 6.21. The number of hydrogen-bond donors (Lipinski definition) is 3. The first kappa shape index (κ1) is 19.4. The zero-order valence-corrected chi connectivity index (χ0v) is 17.4. The van der Waals surface area contributed by atoms with Gasteiger partial charge in [0.2, 0.25) is 0 Å². The van der Waals surface area contributed by atoms with Crippen molar-refractivity contribution in [3.05, 3.63) is 57.9 Å². The van der Waals surface area contributed by atoms with E-state index in [0.717, 1.165) is 18.4 Å². The first-order valence-electron chi connectivity index (χ1n) is 10.1. The normalized spacial score (nSPS) is 29.3. The fourth-order valence-corrected chi connectivity index (χ4v) is 5.19. The number of fused-ring (bicyclic) bond motifs is 3. The minimum atomic E-state index is -1.43. The van der Waals surface area contributed by atoms with E-state index >= 15 is 0 Å². The first-order valence-corrected chi connectivity index (χ1v) is 10.5. The van der Waals surface area contributed by atoms with Gasteiger partial charge in [-0.15, -0.1) is 0 Å². The summed E-state index contributed by atoms with van der Waals surface area (Å²) in [4.78, 5) is 6.75. The molecule has 2 bridgehead atoms. The Hall–Kier alpha value is -2.59. The van der Waals surface area contributed by atoms with Crippen LogP contribution in [0.15, 0.2) is 35.3 Å². The Balaban J connectivity index is 1.57. The fourth-order valence-electron chi connectivity index (χ4n) is 5.01. The van der Waals surface area contributed by atoms with Crippen LogP contribution in [0.4, 0.5) is 15.8 Å². The Kier molecular flexibility index (Phi) is 4.33. The molecule has 2 aromatic rings. The van der Waals surface area contributed by atoms with E-state index in [9.17, 15) is 4.39 Å². The van der Waals surface area contributed by atoms with Crippen LogP contribution in [0, 0.1) is 17.7 Å². The number of hydrogen-bond acceptors (Lipinski definition) is 5. The van der Waals surface area contributed by atoms with E-state index in [1.165, 1.54) is 25.2 Å². The Morgan fingerprint density at radius 3 is 2.73 bits per heavy atom. The van der Waals surface area contributed by atoms with Gasteiger partial charge in [-0.05, 0) is 50.9 Å². The van der Waals surface area contributed by atoms with Gasteiger partial charge in [0.15, 0.2) is 5.66 Å². The zero-order valence-electron chi connectivity index (χ0n) is 16.7. The summed E-state index contributed by atoms with van der Waals surface area (Å²) in [5.41, 5.74) is 14.1. The van der Waals surface area contributed by atoms with Crippen molar-refractivity contribution >= 4 is 29.3 Å². The minimum Gasteiger partial charge on any atom is -0.398 e. The topological polar surface area (TPSA) is 79.7 Å². The van der Waals surface area contributed by atoms with Crippen molar-refractivity contribution in [1.82, 2.24) is 4.90 Å². The molecule has 5 nitrogen and oxygen atoms in total. The van der Waals surface area contributed by atoms with Gasteiger partial charge in [0.25, 0.3) is 0 Å². The number of anilines is 2. The van der Waals surface area contributed by atoms with Crippen molar-refractivity contribution in [2.45, 2.75) is 42.9 Å². The monoisotopic (exact) mass is 423 g/mol. The number of benzene rings is 2. The van der Waals surface area contributed by atoms with Crippen LogP contribution >= 0.6 is 11.6 Å². The molecule has 0 saturated carbocycles. The lowest BCUT2D eigenvalue weighted by atomic mass is 9.87. The summed E-state index contributed by atoms with van der Waals surface area (Å²) in [6.45, 7) is 0. The highest BCUT2D eigenvalue weighted by Gasteiger charge is 2.48. The summed E-state index contributed by atoms with van der Waals surface area (Å²) < 4.78 is 14.8. The maximum Gasteiger partial charge on any atom is 0.166 e. The molecule has 154 valence electrons. The average molecular weight is 424 g/mol. The molecule has 2 aromatic carbocycles. The van der Waals surface area contributed by atoms with Crippen LogP contribution in [0.3, 0.4) is 0 Å². The average Bonchev–Trinajstić information content (AvgIpc) is 3.21. The van der Waals surface area contributed by atoms with Crippen LogP contribution in [0.25, 0.3) is 0 Å². The van der Waals surface area contributed by atoms with Crippen molar-refractivity contribution in [2.24, 2.45) is 10.7 Å². The molecular formula is C23H23ClFN5. The summed E-state index contributed by atoms with van der Waals surface area (Å²) in [6.07, 6.45) is 6.06. The van der Waals surface area contributed by atoms with Gasteiger partial charge in [-0.2, -0.15) is 0 Å². The van der Waals surface area contributed by atoms with E-state index in [4.69, 9.17) is 23.1 Å². The molecule has 0 aliphatic carbocycles. The van der Waals surface area contributed by atoms with E-state index < -0.39 is 11.5 Å². The highest BCUT2D eigenvalue weighted by Crippen LogP contribution is 2.45. The van der Waals surface area contributed by atoms with E-state index in [0.29, 0.717) is 23.0 Å². The predicted octanol–water partition coefficient (Wildman–Crippen LogP) is 3.65. The summed E-state index contributed by atoms with van der Waals surface area (Å²) in [5, 5.41) is 3.09. The predicted molar refractivity (Wildman–Crippen MR) is 119 cm³/mol. The van der Waals surface area contributed by atoms with E-state index in [-0.39, 0.29) is 16.1 Å². The highest BCUT2D eigenvalue weighted by atomic mass is 35.5. The van der Waals surface area contributed by atoms with E-state index in [2.05, 4.69) is 34.1 Å². The number of halogens is 2. The van der Waals surface area contributed by atoms with Crippen molar-refractivity contribution < 1.29 is 4.39 Å². The molecular weight excluding hydrogens is 401 g/mol. The number of nitrogens with two attached hydrogens (primary N) is 2. The van der Waals surface area contributed by atoms with Gasteiger partial charge in [-0.1, -0.05) is 35.6 Å². The first-order chi connectivity index (χ1) is 14.3. The van der Waals surface area contributed by atoms with Gasteiger partial charge in [0.05, 0.1) is 16.9 Å².